The molecule has 1 aliphatic rings. The van der Waals surface area contributed by atoms with Gasteiger partial charge in [0, 0.05) is 18.7 Å². The zero-order chi connectivity index (χ0) is 14.7. The zero-order valence-corrected chi connectivity index (χ0v) is 11.8. The van der Waals surface area contributed by atoms with E-state index in [-0.39, 0.29) is 6.03 Å². The highest BCUT2D eigenvalue weighted by Crippen LogP contribution is 2.21. The smallest absolute Gasteiger partial charge is 0.348 e. The quantitative estimate of drug-likeness (QED) is 0.863. The third-order valence-electron chi connectivity index (χ3n) is 3.50. The maximum absolute atomic E-state index is 12.2. The van der Waals surface area contributed by atoms with Gasteiger partial charge < -0.3 is 4.74 Å². The minimum atomic E-state index is -0.217. The van der Waals surface area contributed by atoms with E-state index in [1.165, 1.54) is 0 Å². The van der Waals surface area contributed by atoms with E-state index in [0.29, 0.717) is 6.54 Å². The molecule has 0 spiro atoms. The molecule has 3 rings (SSSR count). The van der Waals surface area contributed by atoms with Crippen molar-refractivity contribution in [3.05, 3.63) is 60.2 Å². The molecule has 0 aromatic heterocycles. The summed E-state index contributed by atoms with van der Waals surface area (Å²) >= 11 is 0. The summed E-state index contributed by atoms with van der Waals surface area (Å²) in [7, 11) is 1.63. The number of methoxy groups -OCH3 is 1. The van der Waals surface area contributed by atoms with Crippen molar-refractivity contribution in [1.29, 1.82) is 0 Å². The third-order valence-corrected chi connectivity index (χ3v) is 3.50. The topological polar surface area (TPSA) is 41.9 Å². The first kappa shape index (κ1) is 13.4. The fourth-order valence-electron chi connectivity index (χ4n) is 2.40. The van der Waals surface area contributed by atoms with E-state index >= 15 is 0 Å². The fraction of sp³-hybridized carbons (Fsp3) is 0.176. The lowest BCUT2D eigenvalue weighted by Gasteiger charge is -2.25. The van der Waals surface area contributed by atoms with E-state index in [4.69, 9.17) is 4.74 Å². The predicted molar refractivity (Wildman–Crippen MR) is 83.3 cm³/mol. The Bertz CT molecular complexity index is 680. The summed E-state index contributed by atoms with van der Waals surface area (Å²) < 4.78 is 5.21. The third kappa shape index (κ3) is 2.79. The van der Waals surface area contributed by atoms with Crippen molar-refractivity contribution in [3.8, 4) is 5.75 Å². The zero-order valence-electron chi connectivity index (χ0n) is 11.8. The summed E-state index contributed by atoms with van der Waals surface area (Å²) in [5.74, 6) is 0.771. The summed E-state index contributed by atoms with van der Waals surface area (Å²) in [5.41, 5.74) is 2.64. The molecule has 0 bridgehead atoms. The molecule has 0 atom stereocenters. The van der Waals surface area contributed by atoms with Crippen molar-refractivity contribution >= 4 is 17.4 Å². The maximum Gasteiger partial charge on any atom is 0.348 e. The number of ether oxygens (including phenoxy) is 1. The van der Waals surface area contributed by atoms with Crippen molar-refractivity contribution in [3.63, 3.8) is 0 Å². The van der Waals surface area contributed by atoms with Crippen LogP contribution >= 0.6 is 0 Å². The standard InChI is InChI=1S/C17H16N2O2/c1-21-15-9-5-6-13(12-15)16-10-11-19(17(20)18-16)14-7-3-2-4-8-14/h2-9,12H,10-11H2,1H3. The molecule has 106 valence electrons. The number of amides is 2. The van der Waals surface area contributed by atoms with Crippen molar-refractivity contribution in [1.82, 2.24) is 0 Å². The number of urea groups is 1. The van der Waals surface area contributed by atoms with Crippen molar-refractivity contribution < 1.29 is 9.53 Å². The average Bonchev–Trinajstić information content (AvgIpc) is 2.55. The Morgan fingerprint density at radius 2 is 1.90 bits per heavy atom. The number of carbonyl (C=O) groups excluding carboxylic acids is 1. The first-order chi connectivity index (χ1) is 10.3. The van der Waals surface area contributed by atoms with Crippen LogP contribution in [0.2, 0.25) is 0 Å². The van der Waals surface area contributed by atoms with Gasteiger partial charge >= 0.3 is 6.03 Å². The molecule has 0 aliphatic carbocycles. The lowest BCUT2D eigenvalue weighted by molar-refractivity contribution is 0.253. The van der Waals surface area contributed by atoms with Gasteiger partial charge in [-0.15, -0.1) is 0 Å². The molecule has 4 nitrogen and oxygen atoms in total. The van der Waals surface area contributed by atoms with E-state index in [1.807, 2.05) is 54.6 Å². The van der Waals surface area contributed by atoms with Gasteiger partial charge in [-0.25, -0.2) is 4.79 Å². The number of aliphatic imine (C=N–C) groups is 1. The second kappa shape index (κ2) is 5.79. The first-order valence-corrected chi connectivity index (χ1v) is 6.86. The van der Waals surface area contributed by atoms with Gasteiger partial charge in [0.25, 0.3) is 0 Å². The van der Waals surface area contributed by atoms with Crippen LogP contribution in [0.3, 0.4) is 0 Å². The number of carbonyl (C=O) groups is 1. The van der Waals surface area contributed by atoms with Gasteiger partial charge in [-0.2, -0.15) is 4.99 Å². The van der Waals surface area contributed by atoms with Crippen molar-refractivity contribution in [2.24, 2.45) is 4.99 Å². The van der Waals surface area contributed by atoms with Crippen LogP contribution in [0.15, 0.2) is 59.6 Å². The second-order valence-corrected chi connectivity index (χ2v) is 4.81. The Balaban J connectivity index is 1.86. The number of hydrogen-bond donors (Lipinski definition) is 0. The SMILES string of the molecule is COc1cccc(C2=NC(=O)N(c3ccccc3)CC2)c1. The van der Waals surface area contributed by atoms with Gasteiger partial charge in [-0.3, -0.25) is 4.90 Å². The van der Waals surface area contributed by atoms with Crippen LogP contribution in [0.4, 0.5) is 10.5 Å². The summed E-state index contributed by atoms with van der Waals surface area (Å²) in [6.45, 7) is 0.638. The Labute approximate surface area is 123 Å². The van der Waals surface area contributed by atoms with Gasteiger partial charge in [0.15, 0.2) is 0 Å². The fourth-order valence-corrected chi connectivity index (χ4v) is 2.40. The second-order valence-electron chi connectivity index (χ2n) is 4.81. The lowest BCUT2D eigenvalue weighted by Crippen LogP contribution is -2.35. The molecule has 0 unspecified atom stereocenters. The highest BCUT2D eigenvalue weighted by molar-refractivity contribution is 6.12. The molecule has 2 amide bonds. The Hall–Kier alpha value is -2.62. The Morgan fingerprint density at radius 3 is 2.62 bits per heavy atom. The Kier molecular flexibility index (Phi) is 3.69. The molecule has 0 saturated heterocycles. The van der Waals surface area contributed by atoms with Crippen LogP contribution < -0.4 is 9.64 Å². The minimum Gasteiger partial charge on any atom is -0.497 e. The van der Waals surface area contributed by atoms with E-state index < -0.39 is 0 Å². The van der Waals surface area contributed by atoms with Gasteiger partial charge in [-0.1, -0.05) is 30.3 Å². The molecular weight excluding hydrogens is 264 g/mol. The van der Waals surface area contributed by atoms with E-state index in [1.54, 1.807) is 12.0 Å². The molecule has 1 heterocycles. The predicted octanol–water partition coefficient (Wildman–Crippen LogP) is 3.51. The van der Waals surface area contributed by atoms with E-state index in [2.05, 4.69) is 4.99 Å². The highest BCUT2D eigenvalue weighted by atomic mass is 16.5. The molecule has 4 heteroatoms. The number of hydrogen-bond acceptors (Lipinski definition) is 2. The summed E-state index contributed by atoms with van der Waals surface area (Å²) in [5, 5.41) is 0. The number of nitrogens with zero attached hydrogens (tertiary/aromatic N) is 2. The molecule has 2 aromatic carbocycles. The van der Waals surface area contributed by atoms with Crippen LogP contribution in [0, 0.1) is 0 Å². The van der Waals surface area contributed by atoms with Gasteiger partial charge in [-0.05, 0) is 29.8 Å². The number of benzene rings is 2. The lowest BCUT2D eigenvalue weighted by atomic mass is 10.1. The monoisotopic (exact) mass is 280 g/mol. The van der Waals surface area contributed by atoms with Crippen LogP contribution in [0.25, 0.3) is 0 Å². The summed E-state index contributed by atoms with van der Waals surface area (Å²) in [6.07, 6.45) is 0.730. The van der Waals surface area contributed by atoms with Crippen LogP contribution in [-0.2, 0) is 0 Å². The van der Waals surface area contributed by atoms with Crippen LogP contribution in [0.1, 0.15) is 12.0 Å². The average molecular weight is 280 g/mol. The maximum atomic E-state index is 12.2. The van der Waals surface area contributed by atoms with Crippen molar-refractivity contribution in [2.75, 3.05) is 18.6 Å². The van der Waals surface area contributed by atoms with Gasteiger partial charge in [0.2, 0.25) is 0 Å². The van der Waals surface area contributed by atoms with E-state index in [0.717, 1.165) is 29.1 Å². The normalized spacial score (nSPS) is 14.8. The van der Waals surface area contributed by atoms with Crippen molar-refractivity contribution in [2.45, 2.75) is 6.42 Å². The van der Waals surface area contributed by atoms with Crippen LogP contribution in [0.5, 0.6) is 5.75 Å². The van der Waals surface area contributed by atoms with Gasteiger partial charge in [0.1, 0.15) is 5.75 Å². The Morgan fingerprint density at radius 1 is 1.10 bits per heavy atom. The highest BCUT2D eigenvalue weighted by Gasteiger charge is 2.22. The number of rotatable bonds is 3. The molecule has 0 saturated carbocycles. The molecule has 0 N–H and O–H groups in total. The largest absolute Gasteiger partial charge is 0.497 e. The van der Waals surface area contributed by atoms with Crippen LogP contribution in [-0.4, -0.2) is 25.4 Å². The molecule has 21 heavy (non-hydrogen) atoms. The van der Waals surface area contributed by atoms with E-state index in [9.17, 15) is 4.79 Å². The molecule has 2 aromatic rings. The molecule has 0 radical (unpaired) electrons. The summed E-state index contributed by atoms with van der Waals surface area (Å²) in [4.78, 5) is 18.2. The number of para-hydroxylation sites is 1. The minimum absolute atomic E-state index is 0.217. The summed E-state index contributed by atoms with van der Waals surface area (Å²) in [6, 6.07) is 17.0. The molecular formula is C17H16N2O2. The number of anilines is 1. The first-order valence-electron chi connectivity index (χ1n) is 6.86. The molecule has 0 fully saturated rings. The van der Waals surface area contributed by atoms with Gasteiger partial charge in [0.05, 0.1) is 12.8 Å². The molecule has 1 aliphatic heterocycles.